The lowest BCUT2D eigenvalue weighted by atomic mass is 10.2. The van der Waals surface area contributed by atoms with Gasteiger partial charge in [0, 0.05) is 0 Å². The van der Waals surface area contributed by atoms with Gasteiger partial charge in [-0.25, -0.2) is 9.18 Å². The van der Waals surface area contributed by atoms with Gasteiger partial charge in [0.15, 0.2) is 6.10 Å². The molecule has 1 aromatic carbocycles. The van der Waals surface area contributed by atoms with Crippen LogP contribution >= 0.6 is 0 Å². The molecule has 1 aromatic rings. The summed E-state index contributed by atoms with van der Waals surface area (Å²) in [5.41, 5.74) is 0. The zero-order valence-corrected chi connectivity index (χ0v) is 10.1. The maximum Gasteiger partial charge on any atom is 0.347 e. The number of ether oxygens (including phenoxy) is 2. The Morgan fingerprint density at radius 3 is 2.47 bits per heavy atom. The van der Waals surface area contributed by atoms with Crippen LogP contribution in [0.4, 0.5) is 4.39 Å². The molecule has 0 aliphatic rings. The van der Waals surface area contributed by atoms with E-state index < -0.39 is 6.10 Å². The quantitative estimate of drug-likeness (QED) is 0.717. The molecule has 0 saturated heterocycles. The van der Waals surface area contributed by atoms with Gasteiger partial charge in [0.1, 0.15) is 11.6 Å². The highest BCUT2D eigenvalue weighted by Gasteiger charge is 2.20. The van der Waals surface area contributed by atoms with E-state index in [0.29, 0.717) is 18.8 Å². The van der Waals surface area contributed by atoms with Gasteiger partial charge in [-0.3, -0.25) is 0 Å². The molecule has 0 fully saturated rings. The second-order valence-electron chi connectivity index (χ2n) is 3.60. The van der Waals surface area contributed by atoms with Gasteiger partial charge in [-0.2, -0.15) is 0 Å². The highest BCUT2D eigenvalue weighted by atomic mass is 19.1. The smallest absolute Gasteiger partial charge is 0.347 e. The Hall–Kier alpha value is -1.58. The van der Waals surface area contributed by atoms with E-state index in [1.165, 1.54) is 24.3 Å². The summed E-state index contributed by atoms with van der Waals surface area (Å²) < 4.78 is 23.1. The Bertz CT molecular complexity index is 348. The number of carbonyl (C=O) groups is 1. The standard InChI is InChI=1S/C13H17FO3/c1-3-5-12(13(15)16-4-2)17-11-8-6-10(14)7-9-11/h6-9,12H,3-5H2,1-2H3. The summed E-state index contributed by atoms with van der Waals surface area (Å²) in [5.74, 6) is -0.239. The van der Waals surface area contributed by atoms with Crippen molar-refractivity contribution in [1.82, 2.24) is 0 Å². The Labute approximate surface area is 101 Å². The first-order valence-electron chi connectivity index (χ1n) is 5.76. The lowest BCUT2D eigenvalue weighted by Crippen LogP contribution is -2.29. The van der Waals surface area contributed by atoms with E-state index in [0.717, 1.165) is 6.42 Å². The van der Waals surface area contributed by atoms with Crippen molar-refractivity contribution >= 4 is 5.97 Å². The summed E-state index contributed by atoms with van der Waals surface area (Å²) in [6, 6.07) is 5.58. The van der Waals surface area contributed by atoms with Gasteiger partial charge in [0.25, 0.3) is 0 Å². The average Bonchev–Trinajstić information content (AvgIpc) is 2.31. The topological polar surface area (TPSA) is 35.5 Å². The molecule has 1 atom stereocenters. The molecule has 0 spiro atoms. The maximum atomic E-state index is 12.7. The third-order valence-corrected chi connectivity index (χ3v) is 2.19. The summed E-state index contributed by atoms with van der Waals surface area (Å²) in [5, 5.41) is 0. The summed E-state index contributed by atoms with van der Waals surface area (Å²) in [7, 11) is 0. The molecule has 0 N–H and O–H groups in total. The van der Waals surface area contributed by atoms with E-state index in [9.17, 15) is 9.18 Å². The van der Waals surface area contributed by atoms with E-state index in [4.69, 9.17) is 9.47 Å². The van der Waals surface area contributed by atoms with Crippen LogP contribution in [0.1, 0.15) is 26.7 Å². The minimum absolute atomic E-state index is 0.325. The predicted octanol–water partition coefficient (Wildman–Crippen LogP) is 2.94. The molecule has 0 saturated carbocycles. The summed E-state index contributed by atoms with van der Waals surface area (Å²) in [4.78, 5) is 11.6. The van der Waals surface area contributed by atoms with Crippen molar-refractivity contribution in [1.29, 1.82) is 0 Å². The van der Waals surface area contributed by atoms with Gasteiger partial charge in [0.05, 0.1) is 6.61 Å². The van der Waals surface area contributed by atoms with Crippen molar-refractivity contribution in [2.75, 3.05) is 6.61 Å². The number of esters is 1. The van der Waals surface area contributed by atoms with Crippen molar-refractivity contribution in [3.05, 3.63) is 30.1 Å². The van der Waals surface area contributed by atoms with Crippen molar-refractivity contribution in [2.45, 2.75) is 32.8 Å². The Morgan fingerprint density at radius 1 is 1.29 bits per heavy atom. The maximum absolute atomic E-state index is 12.7. The average molecular weight is 240 g/mol. The van der Waals surface area contributed by atoms with Gasteiger partial charge in [-0.05, 0) is 37.6 Å². The van der Waals surface area contributed by atoms with Crippen LogP contribution in [0, 0.1) is 5.82 Å². The number of halogens is 1. The van der Waals surface area contributed by atoms with Gasteiger partial charge in [-0.1, -0.05) is 13.3 Å². The van der Waals surface area contributed by atoms with Crippen LogP contribution in [0.3, 0.4) is 0 Å². The molecule has 1 unspecified atom stereocenters. The van der Waals surface area contributed by atoms with Crippen LogP contribution in [0.25, 0.3) is 0 Å². The van der Waals surface area contributed by atoms with Gasteiger partial charge >= 0.3 is 5.97 Å². The molecule has 0 radical (unpaired) electrons. The lowest BCUT2D eigenvalue weighted by molar-refractivity contribution is -0.151. The molecular weight excluding hydrogens is 223 g/mol. The zero-order chi connectivity index (χ0) is 12.7. The molecular formula is C13H17FO3. The van der Waals surface area contributed by atoms with E-state index >= 15 is 0 Å². The third kappa shape index (κ3) is 4.43. The first-order chi connectivity index (χ1) is 8.17. The normalized spacial score (nSPS) is 11.9. The monoisotopic (exact) mass is 240 g/mol. The first-order valence-corrected chi connectivity index (χ1v) is 5.76. The summed E-state index contributed by atoms with van der Waals surface area (Å²) in [6.45, 7) is 4.03. The number of carbonyl (C=O) groups excluding carboxylic acids is 1. The third-order valence-electron chi connectivity index (χ3n) is 2.19. The molecule has 94 valence electrons. The molecule has 0 aliphatic heterocycles. The first kappa shape index (κ1) is 13.5. The fourth-order valence-corrected chi connectivity index (χ4v) is 1.40. The van der Waals surface area contributed by atoms with E-state index in [1.54, 1.807) is 6.92 Å². The van der Waals surface area contributed by atoms with Crippen LogP contribution in [0.5, 0.6) is 5.75 Å². The van der Waals surface area contributed by atoms with Crippen molar-refractivity contribution in [3.8, 4) is 5.75 Å². The van der Waals surface area contributed by atoms with Crippen molar-refractivity contribution in [2.24, 2.45) is 0 Å². The van der Waals surface area contributed by atoms with Crippen molar-refractivity contribution < 1.29 is 18.7 Å². The van der Waals surface area contributed by atoms with Gasteiger partial charge in [-0.15, -0.1) is 0 Å². The molecule has 0 aromatic heterocycles. The van der Waals surface area contributed by atoms with Crippen molar-refractivity contribution in [3.63, 3.8) is 0 Å². The molecule has 0 amide bonds. The zero-order valence-electron chi connectivity index (χ0n) is 10.1. The molecule has 17 heavy (non-hydrogen) atoms. The van der Waals surface area contributed by atoms with Crippen LogP contribution < -0.4 is 4.74 Å². The van der Waals surface area contributed by atoms with Crippen LogP contribution in [-0.4, -0.2) is 18.7 Å². The molecule has 1 rings (SSSR count). The molecule has 0 aliphatic carbocycles. The minimum atomic E-state index is -0.620. The predicted molar refractivity (Wildman–Crippen MR) is 62.4 cm³/mol. The largest absolute Gasteiger partial charge is 0.479 e. The summed E-state index contributed by atoms with van der Waals surface area (Å²) >= 11 is 0. The highest BCUT2D eigenvalue weighted by Crippen LogP contribution is 2.15. The lowest BCUT2D eigenvalue weighted by Gasteiger charge is -2.16. The summed E-state index contributed by atoms with van der Waals surface area (Å²) in [6.07, 6.45) is 0.770. The molecule has 4 heteroatoms. The van der Waals surface area contributed by atoms with E-state index in [1.807, 2.05) is 6.92 Å². The van der Waals surface area contributed by atoms with E-state index in [2.05, 4.69) is 0 Å². The number of rotatable bonds is 6. The Kier molecular flexibility index (Phi) is 5.46. The Morgan fingerprint density at radius 2 is 1.94 bits per heavy atom. The highest BCUT2D eigenvalue weighted by molar-refractivity contribution is 5.75. The second-order valence-corrected chi connectivity index (χ2v) is 3.60. The molecule has 0 heterocycles. The minimum Gasteiger partial charge on any atom is -0.479 e. The number of hydrogen-bond donors (Lipinski definition) is 0. The number of benzene rings is 1. The van der Waals surface area contributed by atoms with Crippen LogP contribution in [0.2, 0.25) is 0 Å². The van der Waals surface area contributed by atoms with Gasteiger partial charge < -0.3 is 9.47 Å². The Balaban J connectivity index is 2.65. The molecule has 0 bridgehead atoms. The molecule has 3 nitrogen and oxygen atoms in total. The fourth-order valence-electron chi connectivity index (χ4n) is 1.40. The van der Waals surface area contributed by atoms with Gasteiger partial charge in [0.2, 0.25) is 0 Å². The van der Waals surface area contributed by atoms with E-state index in [-0.39, 0.29) is 11.8 Å². The second kappa shape index (κ2) is 6.89. The van der Waals surface area contributed by atoms with Crippen LogP contribution in [-0.2, 0) is 9.53 Å². The fraction of sp³-hybridized carbons (Fsp3) is 0.462. The van der Waals surface area contributed by atoms with Crippen LogP contribution in [0.15, 0.2) is 24.3 Å². The SMILES string of the molecule is CCCC(Oc1ccc(F)cc1)C(=O)OCC. The number of hydrogen-bond acceptors (Lipinski definition) is 3.